The summed E-state index contributed by atoms with van der Waals surface area (Å²) in [6.45, 7) is 0.782. The van der Waals surface area contributed by atoms with E-state index >= 15 is 0 Å². The molecule has 1 aromatic rings. The molecule has 3 N–H and O–H groups in total. The second-order valence-corrected chi connectivity index (χ2v) is 4.69. The fourth-order valence-electron chi connectivity index (χ4n) is 2.08. The lowest BCUT2D eigenvalue weighted by atomic mass is 10.1. The minimum absolute atomic E-state index is 0.366. The Morgan fingerprint density at radius 1 is 1.37 bits per heavy atom. The first-order valence-electron chi connectivity index (χ1n) is 6.45. The van der Waals surface area contributed by atoms with E-state index in [1.54, 1.807) is 0 Å². The molecule has 1 aliphatic heterocycles. The molecule has 0 spiro atoms. The SMILES string of the molecule is N[C@H](Cc1ccccc1)C(=O)OC(=O)[C@H]1CCCN1. The number of carbonyl (C=O) groups is 2. The molecule has 102 valence electrons. The van der Waals surface area contributed by atoms with Crippen molar-refractivity contribution in [3.63, 3.8) is 0 Å². The molecular weight excluding hydrogens is 244 g/mol. The molecule has 1 heterocycles. The van der Waals surface area contributed by atoms with Gasteiger partial charge in [0.2, 0.25) is 0 Å². The monoisotopic (exact) mass is 262 g/mol. The van der Waals surface area contributed by atoms with Crippen molar-refractivity contribution in [2.45, 2.75) is 31.3 Å². The first-order valence-corrected chi connectivity index (χ1v) is 6.45. The molecule has 19 heavy (non-hydrogen) atoms. The number of carbonyl (C=O) groups excluding carboxylic acids is 2. The molecule has 0 unspecified atom stereocenters. The number of rotatable bonds is 4. The zero-order valence-electron chi connectivity index (χ0n) is 10.7. The summed E-state index contributed by atoms with van der Waals surface area (Å²) in [6.07, 6.45) is 2.00. The van der Waals surface area contributed by atoms with Gasteiger partial charge in [0, 0.05) is 0 Å². The third kappa shape index (κ3) is 3.87. The van der Waals surface area contributed by atoms with Gasteiger partial charge in [-0.1, -0.05) is 30.3 Å². The zero-order valence-corrected chi connectivity index (χ0v) is 10.7. The number of hydrogen-bond acceptors (Lipinski definition) is 5. The predicted molar refractivity (Wildman–Crippen MR) is 70.2 cm³/mol. The Bertz CT molecular complexity index is 441. The number of nitrogens with one attached hydrogen (secondary N) is 1. The normalized spacial score (nSPS) is 19.9. The topological polar surface area (TPSA) is 81.4 Å². The number of ether oxygens (including phenoxy) is 1. The van der Waals surface area contributed by atoms with Gasteiger partial charge < -0.3 is 15.8 Å². The third-order valence-electron chi connectivity index (χ3n) is 3.15. The van der Waals surface area contributed by atoms with Crippen molar-refractivity contribution >= 4 is 11.9 Å². The highest BCUT2D eigenvalue weighted by Crippen LogP contribution is 2.08. The van der Waals surface area contributed by atoms with Crippen molar-refractivity contribution in [3.8, 4) is 0 Å². The van der Waals surface area contributed by atoms with Crippen LogP contribution in [0.5, 0.6) is 0 Å². The van der Waals surface area contributed by atoms with E-state index in [1.165, 1.54) is 0 Å². The van der Waals surface area contributed by atoms with Gasteiger partial charge in [-0.3, -0.25) is 0 Å². The second-order valence-electron chi connectivity index (χ2n) is 4.69. The minimum atomic E-state index is -0.812. The Kier molecular flexibility index (Phi) is 4.65. The predicted octanol–water partition coefficient (Wildman–Crippen LogP) is 0.378. The van der Waals surface area contributed by atoms with Crippen molar-refractivity contribution in [2.24, 2.45) is 5.73 Å². The fraction of sp³-hybridized carbons (Fsp3) is 0.429. The van der Waals surface area contributed by atoms with E-state index in [0.29, 0.717) is 12.8 Å². The molecule has 1 aliphatic rings. The lowest BCUT2D eigenvalue weighted by Crippen LogP contribution is -2.40. The van der Waals surface area contributed by atoms with Gasteiger partial charge in [-0.2, -0.15) is 0 Å². The molecule has 0 aromatic heterocycles. The van der Waals surface area contributed by atoms with Crippen molar-refractivity contribution in [1.29, 1.82) is 0 Å². The number of hydrogen-bond donors (Lipinski definition) is 2. The Balaban J connectivity index is 1.83. The van der Waals surface area contributed by atoms with Gasteiger partial charge in [0.05, 0.1) is 0 Å². The van der Waals surface area contributed by atoms with Crippen molar-refractivity contribution < 1.29 is 14.3 Å². The van der Waals surface area contributed by atoms with Crippen LogP contribution in [0.1, 0.15) is 18.4 Å². The maximum absolute atomic E-state index is 11.7. The first-order chi connectivity index (χ1) is 9.16. The molecule has 5 nitrogen and oxygen atoms in total. The number of benzene rings is 1. The first kappa shape index (κ1) is 13.7. The van der Waals surface area contributed by atoms with Crippen LogP contribution in [0.15, 0.2) is 30.3 Å². The van der Waals surface area contributed by atoms with Crippen LogP contribution in [0.2, 0.25) is 0 Å². The van der Waals surface area contributed by atoms with Gasteiger partial charge in [0.15, 0.2) is 0 Å². The Hall–Kier alpha value is -1.72. The van der Waals surface area contributed by atoms with Crippen LogP contribution < -0.4 is 11.1 Å². The summed E-state index contributed by atoms with van der Waals surface area (Å²) in [5.41, 5.74) is 6.69. The molecule has 0 aliphatic carbocycles. The molecule has 0 radical (unpaired) electrons. The van der Waals surface area contributed by atoms with Crippen LogP contribution in [0, 0.1) is 0 Å². The molecule has 1 aromatic carbocycles. The average Bonchev–Trinajstić information content (AvgIpc) is 2.93. The zero-order chi connectivity index (χ0) is 13.7. The largest absolute Gasteiger partial charge is 0.391 e. The molecular formula is C14H18N2O3. The van der Waals surface area contributed by atoms with E-state index in [-0.39, 0.29) is 6.04 Å². The summed E-state index contributed by atoms with van der Waals surface area (Å²) in [4.78, 5) is 23.4. The average molecular weight is 262 g/mol. The maximum Gasteiger partial charge on any atom is 0.330 e. The minimum Gasteiger partial charge on any atom is -0.391 e. The highest BCUT2D eigenvalue weighted by Gasteiger charge is 2.27. The molecule has 1 saturated heterocycles. The van der Waals surface area contributed by atoms with Crippen LogP contribution in [0.25, 0.3) is 0 Å². The second kappa shape index (κ2) is 6.45. The lowest BCUT2D eigenvalue weighted by Gasteiger charge is -2.13. The number of nitrogens with two attached hydrogens (primary N) is 1. The van der Waals surface area contributed by atoms with E-state index in [4.69, 9.17) is 10.5 Å². The van der Waals surface area contributed by atoms with E-state index in [0.717, 1.165) is 18.5 Å². The summed E-state index contributed by atoms with van der Waals surface area (Å²) in [6, 6.07) is 8.23. The van der Waals surface area contributed by atoms with E-state index in [9.17, 15) is 9.59 Å². The van der Waals surface area contributed by atoms with E-state index in [1.807, 2.05) is 30.3 Å². The fourth-order valence-corrected chi connectivity index (χ4v) is 2.08. The quantitative estimate of drug-likeness (QED) is 0.605. The van der Waals surface area contributed by atoms with Gasteiger partial charge in [-0.25, -0.2) is 9.59 Å². The molecule has 0 bridgehead atoms. The van der Waals surface area contributed by atoms with Crippen molar-refractivity contribution in [3.05, 3.63) is 35.9 Å². The highest BCUT2D eigenvalue weighted by atomic mass is 16.6. The third-order valence-corrected chi connectivity index (χ3v) is 3.15. The number of esters is 2. The van der Waals surface area contributed by atoms with Crippen LogP contribution in [-0.2, 0) is 20.7 Å². The standard InChI is InChI=1S/C14H18N2O3/c15-11(9-10-5-2-1-3-6-10)13(17)19-14(18)12-7-4-8-16-12/h1-3,5-6,11-12,16H,4,7-9,15H2/t11-,12-/m1/s1. The Morgan fingerprint density at radius 2 is 2.11 bits per heavy atom. The van der Waals surface area contributed by atoms with Gasteiger partial charge in [-0.15, -0.1) is 0 Å². The van der Waals surface area contributed by atoms with Crippen LogP contribution in [-0.4, -0.2) is 30.6 Å². The molecule has 0 amide bonds. The van der Waals surface area contributed by atoms with Gasteiger partial charge in [0.25, 0.3) is 0 Å². The smallest absolute Gasteiger partial charge is 0.330 e. The molecule has 1 fully saturated rings. The molecule has 5 heteroatoms. The lowest BCUT2D eigenvalue weighted by molar-refractivity contribution is -0.161. The summed E-state index contributed by atoms with van der Waals surface area (Å²) in [5, 5.41) is 2.98. The van der Waals surface area contributed by atoms with E-state index in [2.05, 4.69) is 5.32 Å². The van der Waals surface area contributed by atoms with E-state index < -0.39 is 18.0 Å². The van der Waals surface area contributed by atoms with Gasteiger partial charge >= 0.3 is 11.9 Å². The molecule has 2 rings (SSSR count). The van der Waals surface area contributed by atoms with Crippen LogP contribution in [0.4, 0.5) is 0 Å². The van der Waals surface area contributed by atoms with Gasteiger partial charge in [-0.05, 0) is 31.4 Å². The Labute approximate surface area is 112 Å². The summed E-state index contributed by atoms with van der Waals surface area (Å²) < 4.78 is 4.80. The van der Waals surface area contributed by atoms with Crippen LogP contribution >= 0.6 is 0 Å². The summed E-state index contributed by atoms with van der Waals surface area (Å²) in [5.74, 6) is -1.19. The maximum atomic E-state index is 11.7. The van der Waals surface area contributed by atoms with Crippen molar-refractivity contribution in [1.82, 2.24) is 5.32 Å². The molecule has 0 saturated carbocycles. The Morgan fingerprint density at radius 3 is 2.74 bits per heavy atom. The summed E-state index contributed by atoms with van der Waals surface area (Å²) >= 11 is 0. The highest BCUT2D eigenvalue weighted by molar-refractivity contribution is 5.91. The van der Waals surface area contributed by atoms with Gasteiger partial charge in [0.1, 0.15) is 12.1 Å². The van der Waals surface area contributed by atoms with Crippen molar-refractivity contribution in [2.75, 3.05) is 6.54 Å². The molecule has 2 atom stereocenters. The summed E-state index contributed by atoms with van der Waals surface area (Å²) in [7, 11) is 0. The van der Waals surface area contributed by atoms with Crippen LogP contribution in [0.3, 0.4) is 0 Å².